The molecule has 3 fully saturated rings. The van der Waals surface area contributed by atoms with Crippen LogP contribution in [0.5, 0.6) is 5.75 Å². The minimum Gasteiger partial charge on any atom is -0.497 e. The Morgan fingerprint density at radius 2 is 2.25 bits per heavy atom. The Hall–Kier alpha value is -1.65. The minimum absolute atomic E-state index is 0.0308. The van der Waals surface area contributed by atoms with Gasteiger partial charge in [0.05, 0.1) is 12.6 Å². The average Bonchev–Trinajstić information content (AvgIpc) is 2.66. The molecule has 1 unspecified atom stereocenters. The molecule has 3 aliphatic heterocycles. The predicted octanol–water partition coefficient (Wildman–Crippen LogP) is 3.36. The summed E-state index contributed by atoms with van der Waals surface area (Å²) in [5, 5.41) is 1.12. The molecule has 0 amide bonds. The molecule has 5 atom stereocenters. The third-order valence-electron chi connectivity index (χ3n) is 6.22. The number of ether oxygens (including phenoxy) is 1. The summed E-state index contributed by atoms with van der Waals surface area (Å²) in [6.45, 7) is 4.74. The second-order valence-electron chi connectivity index (χ2n) is 7.32. The number of rotatable bonds is 4. The SMILES string of the molecule is CC[C@H]1CN2CC[C@H]1C[C@H]2[C@@H](N)c1ccnc2ccc(OC)cc12. The van der Waals surface area contributed by atoms with E-state index in [9.17, 15) is 0 Å². The summed E-state index contributed by atoms with van der Waals surface area (Å²) in [4.78, 5) is 7.12. The van der Waals surface area contributed by atoms with Crippen LogP contribution in [0.15, 0.2) is 30.5 Å². The fourth-order valence-electron chi connectivity index (χ4n) is 4.79. The van der Waals surface area contributed by atoms with Gasteiger partial charge in [-0.05, 0) is 61.1 Å². The summed E-state index contributed by atoms with van der Waals surface area (Å²) in [6.07, 6.45) is 5.74. The number of methoxy groups -OCH3 is 1. The molecule has 1 aromatic carbocycles. The molecule has 0 spiro atoms. The third-order valence-corrected chi connectivity index (χ3v) is 6.22. The van der Waals surface area contributed by atoms with Crippen molar-refractivity contribution < 1.29 is 4.74 Å². The molecule has 4 heterocycles. The molecular weight excluding hydrogens is 298 g/mol. The van der Waals surface area contributed by atoms with Gasteiger partial charge < -0.3 is 10.5 Å². The van der Waals surface area contributed by atoms with Gasteiger partial charge in [0.25, 0.3) is 0 Å². The molecule has 0 saturated carbocycles. The van der Waals surface area contributed by atoms with Crippen LogP contribution in [0, 0.1) is 11.8 Å². The number of aromatic nitrogens is 1. The van der Waals surface area contributed by atoms with Crippen molar-refractivity contribution in [1.29, 1.82) is 0 Å². The second kappa shape index (κ2) is 6.34. The van der Waals surface area contributed by atoms with Gasteiger partial charge >= 0.3 is 0 Å². The van der Waals surface area contributed by atoms with Crippen LogP contribution in [0.25, 0.3) is 10.9 Å². The first kappa shape index (κ1) is 15.9. The van der Waals surface area contributed by atoms with Gasteiger partial charge in [-0.1, -0.05) is 13.3 Å². The zero-order valence-corrected chi connectivity index (χ0v) is 14.6. The van der Waals surface area contributed by atoms with Crippen LogP contribution in [0.1, 0.15) is 37.8 Å². The van der Waals surface area contributed by atoms with E-state index >= 15 is 0 Å². The number of nitrogens with two attached hydrogens (primary N) is 1. The highest BCUT2D eigenvalue weighted by molar-refractivity contribution is 5.84. The number of benzene rings is 1. The minimum atomic E-state index is 0.0308. The summed E-state index contributed by atoms with van der Waals surface area (Å²) in [6, 6.07) is 8.62. The molecule has 3 aliphatic rings. The van der Waals surface area contributed by atoms with E-state index in [4.69, 9.17) is 10.5 Å². The molecule has 24 heavy (non-hydrogen) atoms. The Labute approximate surface area is 144 Å². The van der Waals surface area contributed by atoms with Crippen molar-refractivity contribution in [2.45, 2.75) is 38.3 Å². The molecule has 3 saturated heterocycles. The van der Waals surface area contributed by atoms with E-state index < -0.39 is 0 Å². The number of fused-ring (bicyclic) bond motifs is 4. The lowest BCUT2D eigenvalue weighted by atomic mass is 9.72. The molecule has 128 valence electrons. The van der Waals surface area contributed by atoms with Gasteiger partial charge in [-0.25, -0.2) is 0 Å². The zero-order chi connectivity index (χ0) is 16.7. The van der Waals surface area contributed by atoms with Crippen molar-refractivity contribution in [3.05, 3.63) is 36.0 Å². The average molecular weight is 325 g/mol. The van der Waals surface area contributed by atoms with E-state index in [1.807, 2.05) is 18.3 Å². The van der Waals surface area contributed by atoms with Crippen molar-refractivity contribution in [2.75, 3.05) is 20.2 Å². The van der Waals surface area contributed by atoms with Crippen LogP contribution in [0.2, 0.25) is 0 Å². The van der Waals surface area contributed by atoms with E-state index in [0.717, 1.165) is 28.5 Å². The fraction of sp³-hybridized carbons (Fsp3) is 0.550. The van der Waals surface area contributed by atoms with Gasteiger partial charge in [-0.3, -0.25) is 9.88 Å². The number of hydrogen-bond acceptors (Lipinski definition) is 4. The van der Waals surface area contributed by atoms with E-state index in [2.05, 4.69) is 28.9 Å². The highest BCUT2D eigenvalue weighted by Crippen LogP contribution is 2.42. The van der Waals surface area contributed by atoms with Crippen molar-refractivity contribution in [3.8, 4) is 5.75 Å². The largest absolute Gasteiger partial charge is 0.497 e. The molecule has 0 radical (unpaired) electrons. The maximum absolute atomic E-state index is 6.79. The maximum Gasteiger partial charge on any atom is 0.119 e. The fourth-order valence-corrected chi connectivity index (χ4v) is 4.79. The van der Waals surface area contributed by atoms with Crippen LogP contribution < -0.4 is 10.5 Å². The quantitative estimate of drug-likeness (QED) is 0.936. The lowest BCUT2D eigenvalue weighted by molar-refractivity contribution is -0.0105. The number of hydrogen-bond donors (Lipinski definition) is 1. The summed E-state index contributed by atoms with van der Waals surface area (Å²) >= 11 is 0. The van der Waals surface area contributed by atoms with Crippen LogP contribution in [0.3, 0.4) is 0 Å². The van der Waals surface area contributed by atoms with Gasteiger partial charge in [0.15, 0.2) is 0 Å². The standard InChI is InChI=1S/C20H27N3O/c1-3-13-12-23-9-7-14(13)10-19(23)20(21)16-6-8-22-18-5-4-15(24-2)11-17(16)18/h4-6,8,11,13-14,19-20H,3,7,9-10,12,21H2,1-2H3/t13-,14-,19-,20-/m0/s1. The molecule has 2 aromatic rings. The predicted molar refractivity (Wildman–Crippen MR) is 97.1 cm³/mol. The number of piperidine rings is 3. The second-order valence-corrected chi connectivity index (χ2v) is 7.32. The van der Waals surface area contributed by atoms with E-state index in [-0.39, 0.29) is 6.04 Å². The van der Waals surface area contributed by atoms with E-state index in [0.29, 0.717) is 6.04 Å². The summed E-state index contributed by atoms with van der Waals surface area (Å²) in [5.41, 5.74) is 8.98. The molecule has 1 aromatic heterocycles. The summed E-state index contributed by atoms with van der Waals surface area (Å²) in [5.74, 6) is 2.57. The van der Waals surface area contributed by atoms with Crippen LogP contribution in [-0.4, -0.2) is 36.1 Å². The third kappa shape index (κ3) is 2.58. The van der Waals surface area contributed by atoms with Gasteiger partial charge in [-0.15, -0.1) is 0 Å². The number of nitrogens with zero attached hydrogens (tertiary/aromatic N) is 2. The van der Waals surface area contributed by atoms with Crippen molar-refractivity contribution in [2.24, 2.45) is 17.6 Å². The van der Waals surface area contributed by atoms with Crippen LogP contribution in [0.4, 0.5) is 0 Å². The molecule has 2 N–H and O–H groups in total. The van der Waals surface area contributed by atoms with Crippen molar-refractivity contribution in [1.82, 2.24) is 9.88 Å². The Morgan fingerprint density at radius 3 is 2.96 bits per heavy atom. The lowest BCUT2D eigenvalue weighted by Gasteiger charge is -2.51. The van der Waals surface area contributed by atoms with Crippen molar-refractivity contribution >= 4 is 10.9 Å². The number of pyridine rings is 1. The molecule has 0 aliphatic carbocycles. The van der Waals surface area contributed by atoms with Crippen LogP contribution in [-0.2, 0) is 0 Å². The Morgan fingerprint density at radius 1 is 1.38 bits per heavy atom. The Balaban J connectivity index is 1.68. The summed E-state index contributed by atoms with van der Waals surface area (Å²) < 4.78 is 5.40. The molecule has 4 nitrogen and oxygen atoms in total. The Bertz CT molecular complexity index is 732. The van der Waals surface area contributed by atoms with E-state index in [1.165, 1.54) is 37.9 Å². The highest BCUT2D eigenvalue weighted by Gasteiger charge is 2.41. The molecule has 5 rings (SSSR count). The van der Waals surface area contributed by atoms with Crippen LogP contribution >= 0.6 is 0 Å². The monoisotopic (exact) mass is 325 g/mol. The summed E-state index contributed by atoms with van der Waals surface area (Å²) in [7, 11) is 1.70. The Kier molecular flexibility index (Phi) is 4.19. The lowest BCUT2D eigenvalue weighted by Crippen LogP contribution is -2.56. The first-order valence-electron chi connectivity index (χ1n) is 9.13. The van der Waals surface area contributed by atoms with E-state index in [1.54, 1.807) is 7.11 Å². The zero-order valence-electron chi connectivity index (χ0n) is 14.6. The van der Waals surface area contributed by atoms with Gasteiger partial charge in [0.2, 0.25) is 0 Å². The first-order valence-corrected chi connectivity index (χ1v) is 9.13. The van der Waals surface area contributed by atoms with Gasteiger partial charge in [0.1, 0.15) is 5.75 Å². The smallest absolute Gasteiger partial charge is 0.119 e. The molecule has 2 bridgehead atoms. The topological polar surface area (TPSA) is 51.4 Å². The molecule has 4 heteroatoms. The van der Waals surface area contributed by atoms with Crippen molar-refractivity contribution in [3.63, 3.8) is 0 Å². The first-order chi connectivity index (χ1) is 11.7. The van der Waals surface area contributed by atoms with Gasteiger partial charge in [0, 0.05) is 30.2 Å². The highest BCUT2D eigenvalue weighted by atomic mass is 16.5. The normalized spacial score (nSPS) is 30.5. The van der Waals surface area contributed by atoms with Gasteiger partial charge in [-0.2, -0.15) is 0 Å². The maximum atomic E-state index is 6.79. The molecular formula is C20H27N3O.